The highest BCUT2D eigenvalue weighted by molar-refractivity contribution is 5.93. The number of amides is 1. The zero-order valence-electron chi connectivity index (χ0n) is 20.7. The summed E-state index contributed by atoms with van der Waals surface area (Å²) in [7, 11) is 0. The molecule has 0 unspecified atom stereocenters. The molecular formula is C26H32N4O6. The van der Waals surface area contributed by atoms with Crippen LogP contribution in [0, 0.1) is 5.92 Å². The SMILES string of the molecule is CC.CCOc1ccc(-c2nc(C(=O)NCc3cccc(C(=O)O)n3)c(CN)o2)cc1OCC1CC1. The number of nitrogens with one attached hydrogen (secondary N) is 1. The summed E-state index contributed by atoms with van der Waals surface area (Å²) in [6, 6.07) is 9.91. The van der Waals surface area contributed by atoms with E-state index in [1.807, 2.05) is 20.8 Å². The minimum Gasteiger partial charge on any atom is -0.490 e. The Morgan fingerprint density at radius 1 is 1.14 bits per heavy atom. The van der Waals surface area contributed by atoms with Crippen molar-refractivity contribution in [1.82, 2.24) is 15.3 Å². The number of hydrogen-bond acceptors (Lipinski definition) is 8. The fraction of sp³-hybridized carbons (Fsp3) is 0.385. The maximum Gasteiger partial charge on any atom is 0.354 e. The lowest BCUT2D eigenvalue weighted by Crippen LogP contribution is -2.25. The molecule has 0 atom stereocenters. The summed E-state index contributed by atoms with van der Waals surface area (Å²) in [6.07, 6.45) is 2.33. The van der Waals surface area contributed by atoms with Crippen molar-refractivity contribution in [2.24, 2.45) is 11.7 Å². The summed E-state index contributed by atoms with van der Waals surface area (Å²) in [5.41, 5.74) is 6.76. The average molecular weight is 497 g/mol. The number of carboxylic acid groups (broad SMARTS) is 1. The monoisotopic (exact) mass is 496 g/mol. The van der Waals surface area contributed by atoms with Crippen LogP contribution in [0.2, 0.25) is 0 Å². The van der Waals surface area contributed by atoms with E-state index in [0.717, 1.165) is 12.8 Å². The number of ether oxygens (including phenoxy) is 2. The summed E-state index contributed by atoms with van der Waals surface area (Å²) in [5, 5.41) is 11.8. The first-order chi connectivity index (χ1) is 17.5. The largest absolute Gasteiger partial charge is 0.490 e. The molecule has 1 fully saturated rings. The quantitative estimate of drug-likeness (QED) is 0.357. The van der Waals surface area contributed by atoms with Gasteiger partial charge >= 0.3 is 5.97 Å². The third-order valence-corrected chi connectivity index (χ3v) is 5.22. The number of nitrogens with zero attached hydrogens (tertiary/aromatic N) is 2. The molecule has 4 rings (SSSR count). The second-order valence-electron chi connectivity index (χ2n) is 7.85. The van der Waals surface area contributed by atoms with Crippen LogP contribution < -0.4 is 20.5 Å². The van der Waals surface area contributed by atoms with E-state index in [4.69, 9.17) is 24.7 Å². The predicted octanol–water partition coefficient (Wildman–Crippen LogP) is 4.04. The molecule has 1 aliphatic rings. The van der Waals surface area contributed by atoms with Gasteiger partial charge in [0.1, 0.15) is 5.69 Å². The Morgan fingerprint density at radius 3 is 2.58 bits per heavy atom. The fourth-order valence-corrected chi connectivity index (χ4v) is 3.26. The van der Waals surface area contributed by atoms with Crippen molar-refractivity contribution >= 4 is 11.9 Å². The van der Waals surface area contributed by atoms with Gasteiger partial charge in [-0.2, -0.15) is 0 Å². The van der Waals surface area contributed by atoms with Gasteiger partial charge in [-0.1, -0.05) is 19.9 Å². The van der Waals surface area contributed by atoms with Gasteiger partial charge in [-0.3, -0.25) is 4.79 Å². The molecule has 0 bridgehead atoms. The summed E-state index contributed by atoms with van der Waals surface area (Å²) in [6.45, 7) is 7.02. The highest BCUT2D eigenvalue weighted by Gasteiger charge is 2.24. The van der Waals surface area contributed by atoms with Gasteiger partial charge in [0.05, 0.1) is 32.0 Å². The number of benzene rings is 1. The molecule has 1 saturated carbocycles. The van der Waals surface area contributed by atoms with Crippen LogP contribution >= 0.6 is 0 Å². The Morgan fingerprint density at radius 2 is 1.92 bits per heavy atom. The molecule has 10 heteroatoms. The van der Waals surface area contributed by atoms with Crippen LogP contribution in [-0.2, 0) is 13.1 Å². The molecule has 192 valence electrons. The number of aromatic carboxylic acids is 1. The number of carbonyl (C=O) groups excluding carboxylic acids is 1. The third kappa shape index (κ3) is 6.82. The Bertz CT molecular complexity index is 1190. The van der Waals surface area contributed by atoms with Gasteiger partial charge in [0.25, 0.3) is 5.91 Å². The van der Waals surface area contributed by atoms with E-state index in [1.165, 1.54) is 6.07 Å². The Hall–Kier alpha value is -3.92. The Balaban J connectivity index is 0.00000176. The van der Waals surface area contributed by atoms with Gasteiger partial charge in [0.15, 0.2) is 23.0 Å². The summed E-state index contributed by atoms with van der Waals surface area (Å²) in [5.74, 6) is 0.611. The minimum atomic E-state index is -1.14. The number of nitrogens with two attached hydrogens (primary N) is 1. The van der Waals surface area contributed by atoms with Gasteiger partial charge < -0.3 is 30.0 Å². The highest BCUT2D eigenvalue weighted by atomic mass is 16.5. The van der Waals surface area contributed by atoms with Crippen LogP contribution in [0.1, 0.15) is 66.0 Å². The lowest BCUT2D eigenvalue weighted by molar-refractivity contribution is 0.0690. The average Bonchev–Trinajstić information content (AvgIpc) is 3.64. The van der Waals surface area contributed by atoms with Crippen molar-refractivity contribution in [2.75, 3.05) is 13.2 Å². The maximum absolute atomic E-state index is 12.8. The minimum absolute atomic E-state index is 0.0222. The smallest absolute Gasteiger partial charge is 0.354 e. The first-order valence-corrected chi connectivity index (χ1v) is 12.1. The van der Waals surface area contributed by atoms with Gasteiger partial charge in [-0.15, -0.1) is 0 Å². The Kier molecular flexibility index (Phi) is 9.40. The first kappa shape index (κ1) is 26.7. The van der Waals surface area contributed by atoms with Crippen LogP contribution in [-0.4, -0.2) is 40.2 Å². The molecular weight excluding hydrogens is 464 g/mol. The second kappa shape index (κ2) is 12.7. The summed E-state index contributed by atoms with van der Waals surface area (Å²) in [4.78, 5) is 32.2. The van der Waals surface area contributed by atoms with Crippen molar-refractivity contribution in [3.63, 3.8) is 0 Å². The number of aromatic nitrogens is 2. The summed E-state index contributed by atoms with van der Waals surface area (Å²) >= 11 is 0. The lowest BCUT2D eigenvalue weighted by atomic mass is 10.2. The zero-order chi connectivity index (χ0) is 26.1. The second-order valence-corrected chi connectivity index (χ2v) is 7.85. The van der Waals surface area contributed by atoms with Crippen molar-refractivity contribution in [3.05, 3.63) is 59.2 Å². The maximum atomic E-state index is 12.8. The number of hydrogen-bond donors (Lipinski definition) is 3. The van der Waals surface area contributed by atoms with Gasteiger partial charge in [0, 0.05) is 5.56 Å². The third-order valence-electron chi connectivity index (χ3n) is 5.22. The zero-order valence-corrected chi connectivity index (χ0v) is 20.7. The number of pyridine rings is 1. The van der Waals surface area contributed by atoms with E-state index in [9.17, 15) is 9.59 Å². The van der Waals surface area contributed by atoms with Gasteiger partial charge in [-0.05, 0) is 56.0 Å². The highest BCUT2D eigenvalue weighted by Crippen LogP contribution is 2.36. The van der Waals surface area contributed by atoms with Gasteiger partial charge in [-0.25, -0.2) is 14.8 Å². The van der Waals surface area contributed by atoms with Crippen molar-refractivity contribution < 1.29 is 28.6 Å². The van der Waals surface area contributed by atoms with E-state index in [1.54, 1.807) is 30.3 Å². The molecule has 0 saturated heterocycles. The Labute approximate surface area is 209 Å². The molecule has 1 aliphatic carbocycles. The number of oxazole rings is 1. The topological polar surface area (TPSA) is 150 Å². The van der Waals surface area contributed by atoms with E-state index >= 15 is 0 Å². The molecule has 1 aromatic carbocycles. The molecule has 0 radical (unpaired) electrons. The van der Waals surface area contributed by atoms with Crippen LogP contribution in [0.25, 0.3) is 11.5 Å². The molecule has 2 aromatic heterocycles. The predicted molar refractivity (Wildman–Crippen MR) is 133 cm³/mol. The summed E-state index contributed by atoms with van der Waals surface area (Å²) < 4.78 is 17.4. The van der Waals surface area contributed by atoms with Crippen LogP contribution in [0.5, 0.6) is 11.5 Å². The molecule has 0 aliphatic heterocycles. The number of carboxylic acids is 1. The number of carbonyl (C=O) groups is 2. The molecule has 2 heterocycles. The van der Waals surface area contributed by atoms with Crippen molar-refractivity contribution in [3.8, 4) is 23.0 Å². The molecule has 4 N–H and O–H groups in total. The lowest BCUT2D eigenvalue weighted by Gasteiger charge is -2.12. The standard InChI is InChI=1S/C24H26N4O6.C2H6/c1-2-32-18-9-8-15(10-19(18)33-13-14-6-7-14)23-28-21(20(11-25)34-23)22(29)26-12-16-4-3-5-17(27-16)24(30)31;1-2/h3-5,8-10,14H,2,6-7,11-13,25H2,1H3,(H,26,29)(H,30,31);1-2H3. The molecule has 3 aromatic rings. The van der Waals surface area contributed by atoms with Crippen LogP contribution in [0.3, 0.4) is 0 Å². The normalized spacial score (nSPS) is 12.3. The van der Waals surface area contributed by atoms with Crippen LogP contribution in [0.4, 0.5) is 0 Å². The van der Waals surface area contributed by atoms with E-state index < -0.39 is 11.9 Å². The fourth-order valence-electron chi connectivity index (χ4n) is 3.26. The molecule has 0 spiro atoms. The molecule has 10 nitrogen and oxygen atoms in total. The molecule has 36 heavy (non-hydrogen) atoms. The van der Waals surface area contributed by atoms with Crippen molar-refractivity contribution in [1.29, 1.82) is 0 Å². The van der Waals surface area contributed by atoms with Gasteiger partial charge in [0.2, 0.25) is 5.89 Å². The molecule has 1 amide bonds. The van der Waals surface area contributed by atoms with E-state index in [0.29, 0.717) is 41.9 Å². The van der Waals surface area contributed by atoms with Crippen LogP contribution in [0.15, 0.2) is 40.8 Å². The first-order valence-electron chi connectivity index (χ1n) is 12.1. The van der Waals surface area contributed by atoms with Crippen molar-refractivity contribution in [2.45, 2.75) is 46.7 Å². The van der Waals surface area contributed by atoms with E-state index in [2.05, 4.69) is 15.3 Å². The van der Waals surface area contributed by atoms with E-state index in [-0.39, 0.29) is 36.1 Å². The number of rotatable bonds is 11.